The monoisotopic (exact) mass is 295 g/mol. The van der Waals surface area contributed by atoms with E-state index >= 15 is 0 Å². The van der Waals surface area contributed by atoms with Crippen LogP contribution in [0.15, 0.2) is 48.5 Å². The van der Waals surface area contributed by atoms with Gasteiger partial charge in [0, 0.05) is 24.2 Å². The van der Waals surface area contributed by atoms with Crippen molar-refractivity contribution in [2.45, 2.75) is 6.54 Å². The quantitative estimate of drug-likeness (QED) is 0.808. The molecule has 0 aliphatic carbocycles. The average molecular weight is 296 g/mol. The molecule has 2 aromatic carbocycles. The molecule has 0 bridgehead atoms. The van der Waals surface area contributed by atoms with Gasteiger partial charge in [-0.05, 0) is 17.7 Å². The molecule has 0 radical (unpaired) electrons. The first kappa shape index (κ1) is 14.2. The molecule has 0 saturated heterocycles. The van der Waals surface area contributed by atoms with Gasteiger partial charge in [0.2, 0.25) is 0 Å². The largest absolute Gasteiger partial charge is 0.491 e. The molecule has 2 nitrogen and oxygen atoms in total. The summed E-state index contributed by atoms with van der Waals surface area (Å²) < 4.78 is 5.58. The van der Waals surface area contributed by atoms with Gasteiger partial charge in [-0.25, -0.2) is 0 Å². The number of hydrogen-bond acceptors (Lipinski definition) is 2. The van der Waals surface area contributed by atoms with Crippen LogP contribution < -0.4 is 10.1 Å². The van der Waals surface area contributed by atoms with Crippen LogP contribution in [-0.2, 0) is 6.54 Å². The van der Waals surface area contributed by atoms with E-state index in [1.54, 1.807) is 18.2 Å². The molecule has 0 aromatic heterocycles. The van der Waals surface area contributed by atoms with Crippen LogP contribution >= 0.6 is 23.2 Å². The number of halogens is 2. The highest BCUT2D eigenvalue weighted by atomic mass is 35.5. The van der Waals surface area contributed by atoms with Gasteiger partial charge in [0.25, 0.3) is 0 Å². The lowest BCUT2D eigenvalue weighted by molar-refractivity contribution is 0.314. The zero-order chi connectivity index (χ0) is 13.5. The van der Waals surface area contributed by atoms with Crippen molar-refractivity contribution >= 4 is 23.2 Å². The van der Waals surface area contributed by atoms with Gasteiger partial charge < -0.3 is 10.1 Å². The molecule has 0 heterocycles. The van der Waals surface area contributed by atoms with Crippen LogP contribution in [0.1, 0.15) is 5.56 Å². The third-order valence-electron chi connectivity index (χ3n) is 2.60. The van der Waals surface area contributed by atoms with Gasteiger partial charge in [0.1, 0.15) is 12.4 Å². The first-order chi connectivity index (χ1) is 9.25. The maximum absolute atomic E-state index is 6.00. The molecular formula is C15H15Cl2NO. The topological polar surface area (TPSA) is 21.3 Å². The minimum absolute atomic E-state index is 0.549. The Morgan fingerprint density at radius 1 is 1.00 bits per heavy atom. The van der Waals surface area contributed by atoms with E-state index in [0.717, 1.165) is 13.1 Å². The SMILES string of the molecule is Clc1ccc(Cl)c(OCCNCc2ccccc2)c1. The molecular weight excluding hydrogens is 281 g/mol. The van der Waals surface area contributed by atoms with Crippen LogP contribution in [-0.4, -0.2) is 13.2 Å². The lowest BCUT2D eigenvalue weighted by Crippen LogP contribution is -2.20. The zero-order valence-corrected chi connectivity index (χ0v) is 11.9. The van der Waals surface area contributed by atoms with Crippen LogP contribution in [0.5, 0.6) is 5.75 Å². The van der Waals surface area contributed by atoms with Gasteiger partial charge in [0.15, 0.2) is 0 Å². The highest BCUT2D eigenvalue weighted by Crippen LogP contribution is 2.27. The number of hydrogen-bond donors (Lipinski definition) is 1. The third-order valence-corrected chi connectivity index (χ3v) is 3.15. The third kappa shape index (κ3) is 4.75. The standard InChI is InChI=1S/C15H15Cl2NO/c16-13-6-7-14(17)15(10-13)19-9-8-18-11-12-4-2-1-3-5-12/h1-7,10,18H,8-9,11H2. The van der Waals surface area contributed by atoms with E-state index in [1.807, 2.05) is 18.2 Å². The summed E-state index contributed by atoms with van der Waals surface area (Å²) in [5, 5.41) is 4.50. The molecule has 0 amide bonds. The fourth-order valence-electron chi connectivity index (χ4n) is 1.65. The van der Waals surface area contributed by atoms with Gasteiger partial charge >= 0.3 is 0 Å². The molecule has 19 heavy (non-hydrogen) atoms. The molecule has 2 rings (SSSR count). The summed E-state index contributed by atoms with van der Waals surface area (Å²) in [6.07, 6.45) is 0. The smallest absolute Gasteiger partial charge is 0.139 e. The molecule has 0 unspecified atom stereocenters. The van der Waals surface area contributed by atoms with Crippen molar-refractivity contribution in [1.29, 1.82) is 0 Å². The predicted octanol–water partition coefficient (Wildman–Crippen LogP) is 4.16. The van der Waals surface area contributed by atoms with Gasteiger partial charge in [-0.15, -0.1) is 0 Å². The molecule has 0 saturated carbocycles. The van der Waals surface area contributed by atoms with Gasteiger partial charge in [-0.1, -0.05) is 53.5 Å². The summed E-state index contributed by atoms with van der Waals surface area (Å²) in [6, 6.07) is 15.4. The van der Waals surface area contributed by atoms with Crippen LogP contribution in [0.2, 0.25) is 10.0 Å². The van der Waals surface area contributed by atoms with E-state index in [4.69, 9.17) is 27.9 Å². The molecule has 100 valence electrons. The van der Waals surface area contributed by atoms with Crippen molar-refractivity contribution in [3.8, 4) is 5.75 Å². The second-order valence-corrected chi connectivity index (χ2v) is 4.93. The van der Waals surface area contributed by atoms with E-state index in [0.29, 0.717) is 22.4 Å². The molecule has 0 fully saturated rings. The average Bonchev–Trinajstić information content (AvgIpc) is 2.43. The normalized spacial score (nSPS) is 10.4. The summed E-state index contributed by atoms with van der Waals surface area (Å²) in [7, 11) is 0. The summed E-state index contributed by atoms with van der Waals surface area (Å²) in [5.41, 5.74) is 1.25. The van der Waals surface area contributed by atoms with Crippen molar-refractivity contribution in [2.75, 3.05) is 13.2 Å². The first-order valence-electron chi connectivity index (χ1n) is 6.08. The highest BCUT2D eigenvalue weighted by molar-refractivity contribution is 6.34. The molecule has 4 heteroatoms. The summed E-state index contributed by atoms with van der Waals surface area (Å²) in [5.74, 6) is 0.621. The van der Waals surface area contributed by atoms with E-state index in [2.05, 4.69) is 17.4 Å². The number of benzene rings is 2. The predicted molar refractivity (Wildman–Crippen MR) is 80.1 cm³/mol. The van der Waals surface area contributed by atoms with Crippen molar-refractivity contribution < 1.29 is 4.74 Å². The lowest BCUT2D eigenvalue weighted by Gasteiger charge is -2.09. The Bertz CT molecular complexity index is 517. The first-order valence-corrected chi connectivity index (χ1v) is 6.84. The Morgan fingerprint density at radius 2 is 1.79 bits per heavy atom. The Morgan fingerprint density at radius 3 is 2.58 bits per heavy atom. The van der Waals surface area contributed by atoms with Crippen molar-refractivity contribution in [3.63, 3.8) is 0 Å². The van der Waals surface area contributed by atoms with Crippen molar-refractivity contribution in [2.24, 2.45) is 0 Å². The zero-order valence-electron chi connectivity index (χ0n) is 10.4. The maximum atomic E-state index is 6.00. The van der Waals surface area contributed by atoms with Crippen LogP contribution in [0.4, 0.5) is 0 Å². The lowest BCUT2D eigenvalue weighted by atomic mass is 10.2. The Kier molecular flexibility index (Phi) is 5.52. The molecule has 0 aliphatic rings. The Hall–Kier alpha value is -1.22. The maximum Gasteiger partial charge on any atom is 0.139 e. The molecule has 0 aliphatic heterocycles. The Balaban J connectivity index is 1.71. The number of rotatable bonds is 6. The molecule has 1 N–H and O–H groups in total. The van der Waals surface area contributed by atoms with Gasteiger partial charge in [0.05, 0.1) is 5.02 Å². The number of ether oxygens (including phenoxy) is 1. The van der Waals surface area contributed by atoms with E-state index in [-0.39, 0.29) is 0 Å². The fourth-order valence-corrected chi connectivity index (χ4v) is 1.98. The highest BCUT2D eigenvalue weighted by Gasteiger charge is 2.01. The van der Waals surface area contributed by atoms with E-state index in [9.17, 15) is 0 Å². The minimum Gasteiger partial charge on any atom is -0.491 e. The van der Waals surface area contributed by atoms with E-state index in [1.165, 1.54) is 5.56 Å². The van der Waals surface area contributed by atoms with Crippen molar-refractivity contribution in [3.05, 3.63) is 64.1 Å². The fraction of sp³-hybridized carbons (Fsp3) is 0.200. The second-order valence-electron chi connectivity index (χ2n) is 4.09. The summed E-state index contributed by atoms with van der Waals surface area (Å²) in [6.45, 7) is 2.12. The number of nitrogens with one attached hydrogen (secondary N) is 1. The van der Waals surface area contributed by atoms with Crippen molar-refractivity contribution in [1.82, 2.24) is 5.32 Å². The van der Waals surface area contributed by atoms with Gasteiger partial charge in [-0.3, -0.25) is 0 Å². The van der Waals surface area contributed by atoms with Crippen LogP contribution in [0, 0.1) is 0 Å². The van der Waals surface area contributed by atoms with E-state index < -0.39 is 0 Å². The summed E-state index contributed by atoms with van der Waals surface area (Å²) in [4.78, 5) is 0. The summed E-state index contributed by atoms with van der Waals surface area (Å²) >= 11 is 11.9. The van der Waals surface area contributed by atoms with Gasteiger partial charge in [-0.2, -0.15) is 0 Å². The molecule has 0 spiro atoms. The molecule has 2 aromatic rings. The molecule has 0 atom stereocenters. The minimum atomic E-state index is 0.549. The Labute approximate surface area is 123 Å². The second kappa shape index (κ2) is 7.39. The van der Waals surface area contributed by atoms with Crippen LogP contribution in [0.3, 0.4) is 0 Å². The van der Waals surface area contributed by atoms with Crippen LogP contribution in [0.25, 0.3) is 0 Å².